The van der Waals surface area contributed by atoms with E-state index in [1.807, 2.05) is 0 Å². The van der Waals surface area contributed by atoms with Crippen LogP contribution >= 0.6 is 23.2 Å². The smallest absolute Gasteiger partial charge is 0.407 e. The van der Waals surface area contributed by atoms with E-state index < -0.39 is 20.5 Å². The Hall–Kier alpha value is -1.22. The van der Waals surface area contributed by atoms with E-state index in [4.69, 9.17) is 27.6 Å². The van der Waals surface area contributed by atoms with Crippen LogP contribution in [-0.4, -0.2) is 60.5 Å². The van der Waals surface area contributed by atoms with Crippen LogP contribution in [0.1, 0.15) is 43.4 Å². The average molecular weight is 450 g/mol. The first-order chi connectivity index (χ1) is 12.7. The van der Waals surface area contributed by atoms with Gasteiger partial charge in [0.25, 0.3) is 5.91 Å². The lowest BCUT2D eigenvalue weighted by molar-refractivity contribution is 0.0449. The topological polar surface area (TPSA) is 94.7 Å². The fraction of sp³-hybridized carbons (Fsp3) is 0.667. The predicted molar refractivity (Wildman–Crippen MR) is 113 cm³/mol. The molecule has 0 spiro atoms. The first-order valence-corrected chi connectivity index (χ1v) is 12.9. The molecule has 0 aromatic carbocycles. The van der Waals surface area contributed by atoms with Crippen LogP contribution in [0.15, 0.2) is 0 Å². The van der Waals surface area contributed by atoms with Gasteiger partial charge in [-0.25, -0.2) is 4.79 Å². The van der Waals surface area contributed by atoms with Crippen LogP contribution < -0.4 is 5.32 Å². The Balaban J connectivity index is 2.23. The number of hydrogen-bond acceptors (Lipinski definition) is 3. The molecule has 1 aliphatic rings. The fourth-order valence-electron chi connectivity index (χ4n) is 2.90. The standard InChI is InChI=1S/C18H29Cl2N3O4Si/c1-10-13(19)14(20)15(21-10)16(24)22-11-7-8-23(17(25)26)9-12(11)27-28(5,6)18(2,3)4/h11-12,21H,7-9H2,1-6H3,(H,22,24)(H,25,26). The highest BCUT2D eigenvalue weighted by Crippen LogP contribution is 2.38. The highest BCUT2D eigenvalue weighted by Gasteiger charge is 2.43. The van der Waals surface area contributed by atoms with Crippen molar-refractivity contribution in [1.82, 2.24) is 15.2 Å². The highest BCUT2D eigenvalue weighted by molar-refractivity contribution is 6.74. The number of aromatic amines is 1. The quantitative estimate of drug-likeness (QED) is 0.589. The van der Waals surface area contributed by atoms with E-state index in [1.165, 1.54) is 4.90 Å². The molecule has 0 radical (unpaired) electrons. The number of carboxylic acid groups (broad SMARTS) is 1. The second-order valence-electron chi connectivity index (χ2n) is 8.77. The van der Waals surface area contributed by atoms with Crippen LogP contribution in [0.5, 0.6) is 0 Å². The van der Waals surface area contributed by atoms with E-state index in [1.54, 1.807) is 6.92 Å². The zero-order chi connectivity index (χ0) is 21.4. The van der Waals surface area contributed by atoms with Gasteiger partial charge < -0.3 is 24.7 Å². The first-order valence-electron chi connectivity index (χ1n) is 9.24. The maximum atomic E-state index is 12.8. The lowest BCUT2D eigenvalue weighted by atomic mass is 10.0. The maximum absolute atomic E-state index is 12.8. The normalized spacial score (nSPS) is 20.9. The van der Waals surface area contributed by atoms with E-state index in [0.717, 1.165) is 0 Å². The molecule has 10 heteroatoms. The zero-order valence-electron chi connectivity index (χ0n) is 17.2. The summed E-state index contributed by atoms with van der Waals surface area (Å²) in [5.41, 5.74) is 0.822. The molecule has 158 valence electrons. The van der Waals surface area contributed by atoms with E-state index in [9.17, 15) is 14.7 Å². The zero-order valence-corrected chi connectivity index (χ0v) is 19.7. The number of hydrogen-bond donors (Lipinski definition) is 3. The number of nitrogens with one attached hydrogen (secondary N) is 2. The van der Waals surface area contributed by atoms with Gasteiger partial charge in [-0.15, -0.1) is 0 Å². The Morgan fingerprint density at radius 1 is 1.29 bits per heavy atom. The third kappa shape index (κ3) is 4.84. The van der Waals surface area contributed by atoms with E-state index >= 15 is 0 Å². The third-order valence-corrected chi connectivity index (χ3v) is 11.1. The predicted octanol–water partition coefficient (Wildman–Crippen LogP) is 4.50. The van der Waals surface area contributed by atoms with Gasteiger partial charge in [0.15, 0.2) is 8.32 Å². The minimum atomic E-state index is -2.17. The number of piperidine rings is 1. The molecule has 2 amide bonds. The van der Waals surface area contributed by atoms with Gasteiger partial charge in [-0.1, -0.05) is 44.0 Å². The van der Waals surface area contributed by atoms with Crippen molar-refractivity contribution in [3.05, 3.63) is 21.4 Å². The van der Waals surface area contributed by atoms with Gasteiger partial charge in [-0.3, -0.25) is 4.79 Å². The number of rotatable bonds is 4. The van der Waals surface area contributed by atoms with E-state index in [2.05, 4.69) is 44.2 Å². The van der Waals surface area contributed by atoms with E-state index in [-0.39, 0.29) is 34.2 Å². The van der Waals surface area contributed by atoms with Crippen LogP contribution in [-0.2, 0) is 4.43 Å². The third-order valence-electron chi connectivity index (χ3n) is 5.68. The highest BCUT2D eigenvalue weighted by atomic mass is 35.5. The van der Waals surface area contributed by atoms with Gasteiger partial charge in [0.1, 0.15) is 5.69 Å². The van der Waals surface area contributed by atoms with Crippen molar-refractivity contribution in [1.29, 1.82) is 0 Å². The number of H-pyrrole nitrogens is 1. The van der Waals surface area contributed by atoms with Gasteiger partial charge in [0.05, 0.1) is 28.7 Å². The molecule has 2 rings (SSSR count). The SMILES string of the molecule is Cc1[nH]c(C(=O)NC2CCN(C(=O)O)CC2O[Si](C)(C)C(C)(C)C)c(Cl)c1Cl. The summed E-state index contributed by atoms with van der Waals surface area (Å²) < 4.78 is 6.48. The molecule has 0 bridgehead atoms. The molecule has 7 nitrogen and oxygen atoms in total. The van der Waals surface area contributed by atoms with Crippen molar-refractivity contribution in [3.63, 3.8) is 0 Å². The molecule has 0 saturated carbocycles. The minimum absolute atomic E-state index is 0.0412. The molecule has 1 aromatic rings. The Bertz CT molecular complexity index is 761. The lowest BCUT2D eigenvalue weighted by Gasteiger charge is -2.45. The Morgan fingerprint density at radius 2 is 1.89 bits per heavy atom. The molecule has 1 aromatic heterocycles. The first kappa shape index (κ1) is 23.1. The molecule has 2 unspecified atom stereocenters. The molecule has 2 atom stereocenters. The van der Waals surface area contributed by atoms with Crippen molar-refractivity contribution < 1.29 is 19.1 Å². The maximum Gasteiger partial charge on any atom is 0.407 e. The summed E-state index contributed by atoms with van der Waals surface area (Å²) in [5.74, 6) is -0.377. The van der Waals surface area contributed by atoms with Crippen molar-refractivity contribution in [3.8, 4) is 0 Å². The summed E-state index contributed by atoms with van der Waals surface area (Å²) in [6.07, 6.45) is -0.953. The molecular weight excluding hydrogens is 421 g/mol. The second-order valence-corrected chi connectivity index (χ2v) is 14.3. The van der Waals surface area contributed by atoms with Crippen LogP contribution in [0.2, 0.25) is 28.2 Å². The molecule has 1 saturated heterocycles. The van der Waals surface area contributed by atoms with Gasteiger partial charge in [-0.05, 0) is 31.5 Å². The lowest BCUT2D eigenvalue weighted by Crippen LogP contribution is -2.59. The number of aryl methyl sites for hydroxylation is 1. The van der Waals surface area contributed by atoms with E-state index in [0.29, 0.717) is 23.7 Å². The van der Waals surface area contributed by atoms with Gasteiger partial charge >= 0.3 is 6.09 Å². The number of carbonyl (C=O) groups is 2. The number of nitrogens with zero attached hydrogens (tertiary/aromatic N) is 1. The summed E-state index contributed by atoms with van der Waals surface area (Å²) in [4.78, 5) is 28.5. The molecule has 1 aliphatic heterocycles. The number of halogens is 2. The molecule has 28 heavy (non-hydrogen) atoms. The van der Waals surface area contributed by atoms with Gasteiger partial charge in [-0.2, -0.15) is 0 Å². The van der Waals surface area contributed by atoms with Crippen LogP contribution in [0.3, 0.4) is 0 Å². The largest absolute Gasteiger partial charge is 0.465 e. The number of amides is 2. The summed E-state index contributed by atoms with van der Waals surface area (Å²) in [7, 11) is -2.17. The number of likely N-dealkylation sites (tertiary alicyclic amines) is 1. The van der Waals surface area contributed by atoms with Crippen molar-refractivity contribution >= 4 is 43.5 Å². The van der Waals surface area contributed by atoms with Crippen LogP contribution in [0.4, 0.5) is 4.79 Å². The summed E-state index contributed by atoms with van der Waals surface area (Å²) in [6, 6.07) is -0.323. The minimum Gasteiger partial charge on any atom is -0.465 e. The molecule has 3 N–H and O–H groups in total. The molecule has 0 aliphatic carbocycles. The number of aromatic nitrogens is 1. The van der Waals surface area contributed by atoms with Crippen molar-refractivity contribution in [2.75, 3.05) is 13.1 Å². The van der Waals surface area contributed by atoms with Crippen LogP contribution in [0.25, 0.3) is 0 Å². The summed E-state index contributed by atoms with van der Waals surface area (Å²) in [6.45, 7) is 12.9. The fourth-order valence-corrected chi connectivity index (χ4v) is 4.66. The van der Waals surface area contributed by atoms with Gasteiger partial charge in [0.2, 0.25) is 0 Å². The molecule has 2 heterocycles. The molecule has 1 fully saturated rings. The Kier molecular flexibility index (Phi) is 6.80. The second kappa shape index (κ2) is 8.26. The molecular formula is C18H29Cl2N3O4Si. The van der Waals surface area contributed by atoms with Crippen LogP contribution in [0, 0.1) is 6.92 Å². The summed E-state index contributed by atoms with van der Waals surface area (Å²) >= 11 is 12.2. The Morgan fingerprint density at radius 3 is 2.36 bits per heavy atom. The average Bonchev–Trinajstić information content (AvgIpc) is 2.82. The summed E-state index contributed by atoms with van der Waals surface area (Å²) in [5, 5.41) is 12.8. The Labute approximate surface area is 176 Å². The monoisotopic (exact) mass is 449 g/mol. The number of carbonyl (C=O) groups excluding carboxylic acids is 1. The van der Waals surface area contributed by atoms with Crippen molar-refractivity contribution in [2.24, 2.45) is 0 Å². The van der Waals surface area contributed by atoms with Crippen molar-refractivity contribution in [2.45, 2.75) is 64.4 Å². The van der Waals surface area contributed by atoms with Gasteiger partial charge in [0, 0.05) is 12.2 Å².